The van der Waals surface area contributed by atoms with Crippen LogP contribution >= 0.6 is 17.5 Å². The summed E-state index contributed by atoms with van der Waals surface area (Å²) in [6.07, 6.45) is 15.1. The van der Waals surface area contributed by atoms with Crippen molar-refractivity contribution in [3.8, 4) is 22.6 Å². The summed E-state index contributed by atoms with van der Waals surface area (Å²) in [7, 11) is 9.13. The third-order valence-electron chi connectivity index (χ3n) is 8.22. The molecule has 6 heteroatoms. The first-order valence-corrected chi connectivity index (χ1v) is 19.0. The summed E-state index contributed by atoms with van der Waals surface area (Å²) in [5, 5.41) is 1.59. The van der Waals surface area contributed by atoms with Gasteiger partial charge in [0, 0.05) is 0 Å². The van der Waals surface area contributed by atoms with E-state index in [1.54, 1.807) is 19.5 Å². The third-order valence-corrected chi connectivity index (χ3v) is 13.6. The van der Waals surface area contributed by atoms with Gasteiger partial charge in [-0.2, -0.15) is 0 Å². The molecule has 0 spiro atoms. The number of benzene rings is 3. The first-order chi connectivity index (χ1) is 19.7. The summed E-state index contributed by atoms with van der Waals surface area (Å²) in [6, 6.07) is 23.5. The van der Waals surface area contributed by atoms with E-state index in [0.717, 1.165) is 34.8 Å². The molecule has 0 radical (unpaired) electrons. The molecule has 3 nitrogen and oxygen atoms in total. The van der Waals surface area contributed by atoms with Crippen LogP contribution in [-0.2, 0) is 23.4 Å². The summed E-state index contributed by atoms with van der Waals surface area (Å²) in [5.74, 6) is 1.83. The van der Waals surface area contributed by atoms with Gasteiger partial charge < -0.3 is 9.47 Å². The molecule has 3 aromatic carbocycles. The van der Waals surface area contributed by atoms with Gasteiger partial charge in [-0.3, -0.25) is 0 Å². The van der Waals surface area contributed by atoms with E-state index < -0.39 is 0 Å². The molecular formula is C34H45ClNO2PPd. The molecule has 0 amide bonds. The molecule has 2 saturated carbocycles. The van der Waals surface area contributed by atoms with Gasteiger partial charge in [0.1, 0.15) is 11.5 Å². The first-order valence-electron chi connectivity index (χ1n) is 14.8. The van der Waals surface area contributed by atoms with Gasteiger partial charge in [0.2, 0.25) is 0 Å². The van der Waals surface area contributed by atoms with E-state index >= 15 is 0 Å². The molecule has 2 N–H and O–H groups in total. The number of nitrogens with two attached hydrogens (primary N) is 1. The summed E-state index contributed by atoms with van der Waals surface area (Å²) in [4.78, 5) is 0. The standard InChI is InChI=1S/C26H35O2P.C8H10N.ClH.Pd/c1-27-23-17-11-18-24(28-2)26(23)22-16-9-10-19-25(22)29(20-12-5-3-6-13-20)21-14-7-4-8-15-21;9-7-6-8-4-2-1-3-5-8;;/h9-11,16-21H,3-8,12-15H2,1-2H3;1-4H,6-7,9H2;1H;/q;;;+1/p-1. The van der Waals surface area contributed by atoms with Crippen LogP contribution in [0.1, 0.15) is 69.8 Å². The minimum atomic E-state index is -0.182. The Balaban J connectivity index is 0.000000283. The van der Waals surface area contributed by atoms with Gasteiger partial charge >= 0.3 is 79.1 Å². The molecule has 5 rings (SSSR count). The van der Waals surface area contributed by atoms with Gasteiger partial charge in [-0.1, -0.05) is 76.8 Å². The molecule has 220 valence electrons. The second-order valence-corrected chi connectivity index (χ2v) is 15.3. The molecule has 40 heavy (non-hydrogen) atoms. The molecule has 0 aliphatic heterocycles. The maximum atomic E-state index is 5.80. The average Bonchev–Trinajstić information content (AvgIpc) is 3.03. The predicted molar refractivity (Wildman–Crippen MR) is 170 cm³/mol. The van der Waals surface area contributed by atoms with Gasteiger partial charge in [-0.25, -0.2) is 0 Å². The van der Waals surface area contributed by atoms with Crippen LogP contribution < -0.4 is 24.5 Å². The molecule has 2 fully saturated rings. The number of hydrogen-bond acceptors (Lipinski definition) is 3. The van der Waals surface area contributed by atoms with E-state index in [1.807, 2.05) is 18.2 Å². The molecule has 0 bridgehead atoms. The Bertz CT molecular complexity index is 1140. The van der Waals surface area contributed by atoms with Gasteiger partial charge in [0.15, 0.2) is 0 Å². The van der Waals surface area contributed by atoms with Crippen LogP contribution in [0.2, 0.25) is 0 Å². The second-order valence-electron chi connectivity index (χ2n) is 10.7. The summed E-state index contributed by atoms with van der Waals surface area (Å²) >= 11 is 0.176. The zero-order valence-electron chi connectivity index (χ0n) is 24.0. The summed E-state index contributed by atoms with van der Waals surface area (Å²) in [5.41, 5.74) is 11.0. The van der Waals surface area contributed by atoms with E-state index in [-0.39, 0.29) is 24.9 Å². The molecule has 0 atom stereocenters. The van der Waals surface area contributed by atoms with E-state index in [9.17, 15) is 0 Å². The number of rotatable bonds is 9. The molecule has 2 aliphatic carbocycles. The number of halogens is 1. The van der Waals surface area contributed by atoms with Gasteiger partial charge in [0.25, 0.3) is 0 Å². The Kier molecular flexibility index (Phi) is 13.3. The van der Waals surface area contributed by atoms with E-state index in [4.69, 9.17) is 24.7 Å². The quantitative estimate of drug-likeness (QED) is 0.184. The number of methoxy groups -OCH3 is 2. The van der Waals surface area contributed by atoms with E-state index in [0.29, 0.717) is 6.54 Å². The minimum absolute atomic E-state index is 0.176. The Morgan fingerprint density at radius 3 is 1.85 bits per heavy atom. The second kappa shape index (κ2) is 16.9. The fourth-order valence-corrected chi connectivity index (χ4v) is 11.7. The van der Waals surface area contributed by atoms with Crippen molar-refractivity contribution < 1.29 is 26.4 Å². The van der Waals surface area contributed by atoms with Gasteiger partial charge in [-0.05, 0) is 60.0 Å². The first kappa shape index (κ1) is 31.5. The van der Waals surface area contributed by atoms with E-state index in [1.165, 1.54) is 79.4 Å². The Hall–Kier alpha value is -1.40. The van der Waals surface area contributed by atoms with Crippen LogP contribution in [0.5, 0.6) is 11.5 Å². The molecule has 0 saturated heterocycles. The predicted octanol–water partition coefficient (Wildman–Crippen LogP) is 8.19. The molecule has 3 aromatic rings. The van der Waals surface area contributed by atoms with Crippen molar-refractivity contribution in [2.75, 3.05) is 20.8 Å². The van der Waals surface area contributed by atoms with Crippen molar-refractivity contribution in [2.45, 2.75) is 81.9 Å². The summed E-state index contributed by atoms with van der Waals surface area (Å²) in [6.45, 7) is 0.696. The van der Waals surface area contributed by atoms with Gasteiger partial charge in [-0.15, -0.1) is 0 Å². The topological polar surface area (TPSA) is 44.5 Å². The van der Waals surface area contributed by atoms with Crippen molar-refractivity contribution in [2.24, 2.45) is 5.73 Å². The third kappa shape index (κ3) is 8.12. The molecule has 2 aliphatic rings. The zero-order chi connectivity index (χ0) is 28.2. The maximum absolute atomic E-state index is 5.80. The van der Waals surface area contributed by atoms with Crippen LogP contribution in [0.15, 0.2) is 66.7 Å². The molecule has 0 heterocycles. The SMILES string of the molecule is COc1cccc(OC)c1-c1ccccc1P(C1CCCCC1)C1CCCCC1.NCCc1cccc[c]1[Pd][Cl]. The summed E-state index contributed by atoms with van der Waals surface area (Å²) < 4.78 is 12.8. The van der Waals surface area contributed by atoms with Gasteiger partial charge in [0.05, 0.1) is 19.8 Å². The Morgan fingerprint density at radius 2 is 1.30 bits per heavy atom. The van der Waals surface area contributed by atoms with Crippen molar-refractivity contribution >= 4 is 26.8 Å². The fourth-order valence-electron chi connectivity index (χ4n) is 6.33. The van der Waals surface area contributed by atoms with Crippen LogP contribution in [0, 0.1) is 0 Å². The zero-order valence-corrected chi connectivity index (χ0v) is 27.2. The molecular weight excluding hydrogens is 627 g/mol. The molecule has 0 unspecified atom stereocenters. The average molecular weight is 673 g/mol. The fraction of sp³-hybridized carbons (Fsp3) is 0.471. The van der Waals surface area contributed by atoms with Crippen LogP contribution in [0.3, 0.4) is 0 Å². The Morgan fingerprint density at radius 1 is 0.750 bits per heavy atom. The van der Waals surface area contributed by atoms with Crippen LogP contribution in [-0.4, -0.2) is 32.1 Å². The number of hydrogen-bond donors (Lipinski definition) is 1. The van der Waals surface area contributed by atoms with Crippen molar-refractivity contribution in [1.82, 2.24) is 0 Å². The van der Waals surface area contributed by atoms with Crippen LogP contribution in [0.25, 0.3) is 11.1 Å². The van der Waals surface area contributed by atoms with Crippen molar-refractivity contribution in [3.05, 3.63) is 72.3 Å². The Labute approximate surface area is 255 Å². The van der Waals surface area contributed by atoms with Crippen molar-refractivity contribution in [3.63, 3.8) is 0 Å². The normalized spacial score (nSPS) is 16.4. The monoisotopic (exact) mass is 671 g/mol. The molecule has 0 aromatic heterocycles. The van der Waals surface area contributed by atoms with E-state index in [2.05, 4.69) is 48.5 Å². The van der Waals surface area contributed by atoms with Crippen molar-refractivity contribution in [1.29, 1.82) is 0 Å². The van der Waals surface area contributed by atoms with Crippen LogP contribution in [0.4, 0.5) is 0 Å². The number of ether oxygens (including phenoxy) is 2.